The van der Waals surface area contributed by atoms with E-state index in [0.29, 0.717) is 13.1 Å². The Labute approximate surface area is 111 Å². The van der Waals surface area contributed by atoms with Gasteiger partial charge in [0.1, 0.15) is 0 Å². The molecular formula is C10H24ClN3O2S. The monoisotopic (exact) mass is 285 g/mol. The molecule has 1 fully saturated rings. The minimum absolute atomic E-state index is 0. The summed E-state index contributed by atoms with van der Waals surface area (Å²) < 4.78 is 28.3. The maximum Gasteiger partial charge on any atom is 0.279 e. The van der Waals surface area contributed by atoms with Crippen LogP contribution >= 0.6 is 12.4 Å². The number of halogens is 1. The fourth-order valence-corrected chi connectivity index (χ4v) is 3.84. The van der Waals surface area contributed by atoms with Gasteiger partial charge in [0, 0.05) is 18.6 Å². The van der Waals surface area contributed by atoms with Crippen LogP contribution in [-0.4, -0.2) is 37.9 Å². The van der Waals surface area contributed by atoms with Crippen LogP contribution in [0.25, 0.3) is 0 Å². The normalized spacial score (nSPS) is 22.5. The highest BCUT2D eigenvalue weighted by molar-refractivity contribution is 7.87. The number of piperidine rings is 1. The van der Waals surface area contributed by atoms with Crippen LogP contribution in [0.2, 0.25) is 0 Å². The Bertz CT molecular complexity index is 307. The number of hydrogen-bond acceptors (Lipinski definition) is 3. The lowest BCUT2D eigenvalue weighted by Gasteiger charge is -2.34. The van der Waals surface area contributed by atoms with Gasteiger partial charge < -0.3 is 5.73 Å². The van der Waals surface area contributed by atoms with Gasteiger partial charge >= 0.3 is 0 Å². The van der Waals surface area contributed by atoms with Crippen molar-refractivity contribution in [2.75, 3.05) is 13.1 Å². The Balaban J connectivity index is 0.00000256. The van der Waals surface area contributed by atoms with Crippen LogP contribution in [0.15, 0.2) is 0 Å². The summed E-state index contributed by atoms with van der Waals surface area (Å²) in [7, 11) is -3.33. The predicted octanol–water partition coefficient (Wildman–Crippen LogP) is 0.854. The van der Waals surface area contributed by atoms with Crippen molar-refractivity contribution >= 4 is 22.6 Å². The van der Waals surface area contributed by atoms with Crippen molar-refractivity contribution in [2.24, 2.45) is 5.73 Å². The summed E-state index contributed by atoms with van der Waals surface area (Å²) in [5.74, 6) is 0. The zero-order valence-corrected chi connectivity index (χ0v) is 12.2. The lowest BCUT2D eigenvalue weighted by Crippen LogP contribution is -2.51. The van der Waals surface area contributed by atoms with Crippen LogP contribution in [0.1, 0.15) is 39.5 Å². The quantitative estimate of drug-likeness (QED) is 0.786. The van der Waals surface area contributed by atoms with Crippen molar-refractivity contribution in [1.82, 2.24) is 9.03 Å². The van der Waals surface area contributed by atoms with Gasteiger partial charge in [0.05, 0.1) is 0 Å². The van der Waals surface area contributed by atoms with E-state index < -0.39 is 10.2 Å². The van der Waals surface area contributed by atoms with E-state index in [4.69, 9.17) is 5.73 Å². The molecule has 1 atom stereocenters. The summed E-state index contributed by atoms with van der Waals surface area (Å²) in [6.45, 7) is 4.82. The molecule has 0 aliphatic carbocycles. The van der Waals surface area contributed by atoms with Gasteiger partial charge in [-0.2, -0.15) is 17.4 Å². The fraction of sp³-hybridized carbons (Fsp3) is 1.00. The number of nitrogens with one attached hydrogen (secondary N) is 1. The molecule has 0 aromatic carbocycles. The minimum atomic E-state index is -3.33. The first-order valence-electron chi connectivity index (χ1n) is 5.96. The second-order valence-electron chi connectivity index (χ2n) is 4.62. The Hall–Kier alpha value is 0.120. The SMILES string of the molecule is CC(C)NS(=O)(=O)N1CCCCC1CCN.Cl. The van der Waals surface area contributed by atoms with Crippen LogP contribution in [0.3, 0.4) is 0 Å². The van der Waals surface area contributed by atoms with Crippen LogP contribution in [0.4, 0.5) is 0 Å². The van der Waals surface area contributed by atoms with Crippen LogP contribution in [-0.2, 0) is 10.2 Å². The number of rotatable bonds is 5. The standard InChI is InChI=1S/C10H23N3O2S.ClH/c1-9(2)12-16(14,15)13-8-4-3-5-10(13)6-7-11;/h9-10,12H,3-8,11H2,1-2H3;1H. The molecular weight excluding hydrogens is 262 g/mol. The highest BCUT2D eigenvalue weighted by Gasteiger charge is 2.31. The van der Waals surface area contributed by atoms with Crippen LogP contribution in [0, 0.1) is 0 Å². The van der Waals surface area contributed by atoms with Gasteiger partial charge in [-0.1, -0.05) is 6.42 Å². The third-order valence-electron chi connectivity index (χ3n) is 2.77. The molecule has 7 heteroatoms. The van der Waals surface area contributed by atoms with E-state index in [1.54, 1.807) is 4.31 Å². The zero-order valence-electron chi connectivity index (χ0n) is 10.6. The molecule has 1 aliphatic rings. The van der Waals surface area contributed by atoms with Gasteiger partial charge in [-0.25, -0.2) is 0 Å². The van der Waals surface area contributed by atoms with E-state index in [0.717, 1.165) is 25.7 Å². The Morgan fingerprint density at radius 3 is 2.59 bits per heavy atom. The summed E-state index contributed by atoms with van der Waals surface area (Å²) in [5, 5.41) is 0. The highest BCUT2D eigenvalue weighted by atomic mass is 35.5. The molecule has 0 spiro atoms. The van der Waals surface area contributed by atoms with E-state index in [2.05, 4.69) is 4.72 Å². The molecule has 0 aromatic rings. The van der Waals surface area contributed by atoms with Crippen molar-refractivity contribution in [3.8, 4) is 0 Å². The molecule has 0 amide bonds. The molecule has 0 radical (unpaired) electrons. The molecule has 1 rings (SSSR count). The fourth-order valence-electron chi connectivity index (χ4n) is 2.14. The lowest BCUT2D eigenvalue weighted by atomic mass is 10.0. The van der Waals surface area contributed by atoms with Gasteiger partial charge in [-0.15, -0.1) is 12.4 Å². The molecule has 17 heavy (non-hydrogen) atoms. The van der Waals surface area contributed by atoms with E-state index >= 15 is 0 Å². The summed E-state index contributed by atoms with van der Waals surface area (Å²) >= 11 is 0. The van der Waals surface area contributed by atoms with Crippen molar-refractivity contribution in [3.05, 3.63) is 0 Å². The van der Waals surface area contributed by atoms with Crippen LogP contribution < -0.4 is 10.5 Å². The zero-order chi connectivity index (χ0) is 12.2. The Kier molecular flexibility index (Phi) is 7.58. The highest BCUT2D eigenvalue weighted by Crippen LogP contribution is 2.21. The molecule has 1 saturated heterocycles. The van der Waals surface area contributed by atoms with Gasteiger partial charge in [-0.3, -0.25) is 0 Å². The summed E-state index contributed by atoms with van der Waals surface area (Å²) in [6, 6.07) is 0.0143. The summed E-state index contributed by atoms with van der Waals surface area (Å²) in [6.07, 6.45) is 3.72. The summed E-state index contributed by atoms with van der Waals surface area (Å²) in [5.41, 5.74) is 5.52. The molecule has 0 aromatic heterocycles. The van der Waals surface area contributed by atoms with E-state index in [9.17, 15) is 8.42 Å². The largest absolute Gasteiger partial charge is 0.330 e. The lowest BCUT2D eigenvalue weighted by molar-refractivity contribution is 0.239. The van der Waals surface area contributed by atoms with Crippen LogP contribution in [0.5, 0.6) is 0 Å². The first kappa shape index (κ1) is 17.1. The number of hydrogen-bond donors (Lipinski definition) is 2. The third-order valence-corrected chi connectivity index (χ3v) is 4.63. The van der Waals surface area contributed by atoms with Gasteiger partial charge in [-0.05, 0) is 39.7 Å². The first-order valence-corrected chi connectivity index (χ1v) is 7.40. The molecule has 1 unspecified atom stereocenters. The average Bonchev–Trinajstić information content (AvgIpc) is 2.17. The van der Waals surface area contributed by atoms with Crippen molar-refractivity contribution < 1.29 is 8.42 Å². The molecule has 1 aliphatic heterocycles. The molecule has 104 valence electrons. The molecule has 0 saturated carbocycles. The number of nitrogens with zero attached hydrogens (tertiary/aromatic N) is 1. The predicted molar refractivity (Wildman–Crippen MR) is 72.5 cm³/mol. The van der Waals surface area contributed by atoms with E-state index in [1.165, 1.54) is 0 Å². The Morgan fingerprint density at radius 1 is 1.41 bits per heavy atom. The van der Waals surface area contributed by atoms with E-state index in [-0.39, 0.29) is 24.5 Å². The second-order valence-corrected chi connectivity index (χ2v) is 6.27. The molecule has 1 heterocycles. The van der Waals surface area contributed by atoms with Gasteiger partial charge in [0.2, 0.25) is 0 Å². The maximum atomic E-state index is 12.1. The number of nitrogens with two attached hydrogens (primary N) is 1. The van der Waals surface area contributed by atoms with Crippen molar-refractivity contribution in [1.29, 1.82) is 0 Å². The smallest absolute Gasteiger partial charge is 0.279 e. The van der Waals surface area contributed by atoms with Crippen molar-refractivity contribution in [2.45, 2.75) is 51.6 Å². The van der Waals surface area contributed by atoms with Gasteiger partial charge in [0.15, 0.2) is 0 Å². The Morgan fingerprint density at radius 2 is 2.06 bits per heavy atom. The average molecular weight is 286 g/mol. The van der Waals surface area contributed by atoms with Crippen molar-refractivity contribution in [3.63, 3.8) is 0 Å². The summed E-state index contributed by atoms with van der Waals surface area (Å²) in [4.78, 5) is 0. The molecule has 5 nitrogen and oxygen atoms in total. The van der Waals surface area contributed by atoms with E-state index in [1.807, 2.05) is 13.8 Å². The minimum Gasteiger partial charge on any atom is -0.330 e. The molecule has 3 N–H and O–H groups in total. The second kappa shape index (κ2) is 7.53. The maximum absolute atomic E-state index is 12.1. The molecule has 0 bridgehead atoms. The first-order chi connectivity index (χ1) is 7.47. The third kappa shape index (κ3) is 5.09. The topological polar surface area (TPSA) is 75.4 Å². The van der Waals surface area contributed by atoms with Gasteiger partial charge in [0.25, 0.3) is 10.2 Å².